The van der Waals surface area contributed by atoms with Gasteiger partial charge in [0, 0.05) is 18.3 Å². The Bertz CT molecular complexity index is 856. The Labute approximate surface area is 197 Å². The summed E-state index contributed by atoms with van der Waals surface area (Å²) in [7, 11) is 0. The number of rotatable bonds is 14. The Morgan fingerprint density at radius 2 is 1.62 bits per heavy atom. The van der Waals surface area contributed by atoms with Crippen LogP contribution < -0.4 is 27.4 Å². The molecule has 0 aliphatic rings. The van der Waals surface area contributed by atoms with Gasteiger partial charge in [-0.1, -0.05) is 27.7 Å². The maximum absolute atomic E-state index is 13.0. The van der Waals surface area contributed by atoms with Gasteiger partial charge in [-0.25, -0.2) is 9.78 Å². The van der Waals surface area contributed by atoms with E-state index in [9.17, 15) is 29.1 Å². The zero-order chi connectivity index (χ0) is 26.0. The van der Waals surface area contributed by atoms with Crippen LogP contribution in [0.25, 0.3) is 0 Å². The second-order valence-electron chi connectivity index (χ2n) is 8.88. The second kappa shape index (κ2) is 13.3. The van der Waals surface area contributed by atoms with Crippen molar-refractivity contribution in [3.8, 4) is 0 Å². The minimum absolute atomic E-state index is 0.00550. The number of carboxylic acid groups (broad SMARTS) is 1. The molecular weight excluding hydrogens is 446 g/mol. The van der Waals surface area contributed by atoms with E-state index in [0.717, 1.165) is 0 Å². The standard InChI is InChI=1S/C21H35N7O6/c1-10(2)5-15(21(33)34)27-19(31)14(6-12-8-24-9-25-12)26-20(32)17(11(3)4)28-18(30)13(22)7-16(23)29/h8-11,13-15,17H,5-7,22H2,1-4H3,(H2,23,29)(H,24,25)(H,26,32)(H,27,31)(H,28,30)(H,33,34). The Balaban J connectivity index is 3.03. The third-order valence-electron chi connectivity index (χ3n) is 4.94. The van der Waals surface area contributed by atoms with Crippen molar-refractivity contribution in [2.75, 3.05) is 0 Å². The van der Waals surface area contributed by atoms with E-state index in [-0.39, 0.29) is 18.8 Å². The third kappa shape index (κ3) is 9.57. The van der Waals surface area contributed by atoms with Crippen LogP contribution in [0.2, 0.25) is 0 Å². The highest BCUT2D eigenvalue weighted by molar-refractivity contribution is 5.95. The number of imidazole rings is 1. The SMILES string of the molecule is CC(C)CC(NC(=O)C(Cc1cnc[nH]1)NC(=O)C(NC(=O)C(N)CC(N)=O)C(C)C)C(=O)O. The lowest BCUT2D eigenvalue weighted by Gasteiger charge is -2.27. The van der Waals surface area contributed by atoms with Crippen LogP contribution in [0.15, 0.2) is 12.5 Å². The Morgan fingerprint density at radius 1 is 1.00 bits per heavy atom. The van der Waals surface area contributed by atoms with Crippen LogP contribution in [0.5, 0.6) is 0 Å². The molecule has 0 radical (unpaired) electrons. The van der Waals surface area contributed by atoms with Crippen LogP contribution >= 0.6 is 0 Å². The number of nitrogens with zero attached hydrogens (tertiary/aromatic N) is 1. The first-order valence-corrected chi connectivity index (χ1v) is 11.0. The fourth-order valence-corrected chi connectivity index (χ4v) is 3.16. The molecular formula is C21H35N7O6. The summed E-state index contributed by atoms with van der Waals surface area (Å²) in [6.45, 7) is 7.00. The van der Waals surface area contributed by atoms with Gasteiger partial charge in [0.2, 0.25) is 23.6 Å². The summed E-state index contributed by atoms with van der Waals surface area (Å²) in [5.74, 6) is -4.46. The average Bonchev–Trinajstić information content (AvgIpc) is 3.22. The van der Waals surface area contributed by atoms with Gasteiger partial charge in [-0.2, -0.15) is 0 Å². The van der Waals surface area contributed by atoms with Gasteiger partial charge in [-0.3, -0.25) is 19.2 Å². The van der Waals surface area contributed by atoms with Crippen LogP contribution in [0, 0.1) is 11.8 Å². The maximum Gasteiger partial charge on any atom is 0.326 e. The number of carbonyl (C=O) groups excluding carboxylic acids is 4. The van der Waals surface area contributed by atoms with Crippen molar-refractivity contribution < 1.29 is 29.1 Å². The normalized spacial score (nSPS) is 14.7. The number of hydrogen-bond donors (Lipinski definition) is 7. The Kier molecular flexibility index (Phi) is 11.2. The number of aliphatic carboxylic acids is 1. The van der Waals surface area contributed by atoms with Crippen molar-refractivity contribution in [3.63, 3.8) is 0 Å². The van der Waals surface area contributed by atoms with E-state index in [1.807, 2.05) is 13.8 Å². The molecule has 4 unspecified atom stereocenters. The largest absolute Gasteiger partial charge is 0.480 e. The highest BCUT2D eigenvalue weighted by Crippen LogP contribution is 2.08. The van der Waals surface area contributed by atoms with Crippen molar-refractivity contribution in [2.24, 2.45) is 23.3 Å². The van der Waals surface area contributed by atoms with Crippen LogP contribution in [-0.2, 0) is 30.4 Å². The van der Waals surface area contributed by atoms with E-state index in [4.69, 9.17) is 11.5 Å². The molecule has 13 nitrogen and oxygen atoms in total. The number of H-pyrrole nitrogens is 1. The van der Waals surface area contributed by atoms with Crippen LogP contribution in [0.3, 0.4) is 0 Å². The second-order valence-corrected chi connectivity index (χ2v) is 8.88. The van der Waals surface area contributed by atoms with Crippen molar-refractivity contribution >= 4 is 29.6 Å². The molecule has 4 atom stereocenters. The minimum atomic E-state index is -1.23. The molecule has 0 bridgehead atoms. The Morgan fingerprint density at radius 3 is 2.09 bits per heavy atom. The molecule has 1 aromatic heterocycles. The van der Waals surface area contributed by atoms with E-state index in [0.29, 0.717) is 5.69 Å². The third-order valence-corrected chi connectivity index (χ3v) is 4.94. The van der Waals surface area contributed by atoms with Gasteiger partial charge in [0.05, 0.1) is 18.8 Å². The number of hydrogen-bond acceptors (Lipinski definition) is 7. The number of carbonyl (C=O) groups is 5. The first-order chi connectivity index (χ1) is 15.8. The van der Waals surface area contributed by atoms with Crippen molar-refractivity contribution in [1.29, 1.82) is 0 Å². The molecule has 1 aromatic rings. The molecule has 0 aromatic carbocycles. The van der Waals surface area contributed by atoms with Gasteiger partial charge in [0.1, 0.15) is 18.1 Å². The van der Waals surface area contributed by atoms with Gasteiger partial charge in [0.15, 0.2) is 0 Å². The molecule has 4 amide bonds. The summed E-state index contributed by atoms with van der Waals surface area (Å²) in [4.78, 5) is 67.6. The number of nitrogens with one attached hydrogen (secondary N) is 4. The lowest BCUT2D eigenvalue weighted by molar-refractivity contribution is -0.142. The summed E-state index contributed by atoms with van der Waals surface area (Å²) in [6, 6.07) is -4.60. The summed E-state index contributed by atoms with van der Waals surface area (Å²) in [5, 5.41) is 17.0. The molecule has 0 fully saturated rings. The minimum Gasteiger partial charge on any atom is -0.480 e. The topological polar surface area (TPSA) is 222 Å². The smallest absolute Gasteiger partial charge is 0.326 e. The summed E-state index contributed by atoms with van der Waals surface area (Å²) in [5.41, 5.74) is 11.2. The van der Waals surface area contributed by atoms with E-state index < -0.39 is 66.1 Å². The molecule has 0 saturated carbocycles. The molecule has 9 N–H and O–H groups in total. The number of carboxylic acids is 1. The van der Waals surface area contributed by atoms with Gasteiger partial charge >= 0.3 is 5.97 Å². The number of primary amides is 1. The van der Waals surface area contributed by atoms with E-state index in [1.54, 1.807) is 13.8 Å². The van der Waals surface area contributed by atoms with Crippen LogP contribution in [-0.4, -0.2) is 68.8 Å². The van der Waals surface area contributed by atoms with Crippen LogP contribution in [0.1, 0.15) is 46.2 Å². The molecule has 13 heteroatoms. The van der Waals surface area contributed by atoms with E-state index in [1.165, 1.54) is 12.5 Å². The lowest BCUT2D eigenvalue weighted by Crippen LogP contribution is -2.59. The summed E-state index contributed by atoms with van der Waals surface area (Å²) in [6.07, 6.45) is 2.69. The first-order valence-electron chi connectivity index (χ1n) is 11.0. The fourth-order valence-electron chi connectivity index (χ4n) is 3.16. The summed E-state index contributed by atoms with van der Waals surface area (Å²) >= 11 is 0. The average molecular weight is 482 g/mol. The predicted octanol–water partition coefficient (Wildman–Crippen LogP) is -1.60. The molecule has 0 aliphatic heterocycles. The first kappa shape index (κ1) is 28.6. The zero-order valence-corrected chi connectivity index (χ0v) is 19.8. The van der Waals surface area contributed by atoms with Gasteiger partial charge < -0.3 is 37.5 Å². The van der Waals surface area contributed by atoms with Crippen molar-refractivity contribution in [2.45, 2.75) is 71.1 Å². The van der Waals surface area contributed by atoms with Crippen molar-refractivity contribution in [3.05, 3.63) is 18.2 Å². The van der Waals surface area contributed by atoms with Gasteiger partial charge in [-0.05, 0) is 18.3 Å². The number of amides is 4. The van der Waals surface area contributed by atoms with Crippen molar-refractivity contribution in [1.82, 2.24) is 25.9 Å². The number of aromatic nitrogens is 2. The predicted molar refractivity (Wildman–Crippen MR) is 122 cm³/mol. The number of nitrogens with two attached hydrogens (primary N) is 2. The lowest BCUT2D eigenvalue weighted by atomic mass is 10.0. The number of aromatic amines is 1. The molecule has 190 valence electrons. The van der Waals surface area contributed by atoms with Gasteiger partial charge in [0.25, 0.3) is 0 Å². The maximum atomic E-state index is 13.0. The van der Waals surface area contributed by atoms with Crippen LogP contribution in [0.4, 0.5) is 0 Å². The fraction of sp³-hybridized carbons (Fsp3) is 0.619. The molecule has 34 heavy (non-hydrogen) atoms. The molecule has 1 heterocycles. The molecule has 0 aliphatic carbocycles. The Hall–Kier alpha value is -3.48. The highest BCUT2D eigenvalue weighted by Gasteiger charge is 2.32. The highest BCUT2D eigenvalue weighted by atomic mass is 16.4. The molecule has 0 saturated heterocycles. The molecule has 1 rings (SSSR count). The summed E-state index contributed by atoms with van der Waals surface area (Å²) < 4.78 is 0. The molecule has 0 spiro atoms. The quantitative estimate of drug-likeness (QED) is 0.163. The monoisotopic (exact) mass is 481 g/mol. The zero-order valence-electron chi connectivity index (χ0n) is 19.8. The van der Waals surface area contributed by atoms with Gasteiger partial charge in [-0.15, -0.1) is 0 Å². The van der Waals surface area contributed by atoms with E-state index >= 15 is 0 Å². The van der Waals surface area contributed by atoms with E-state index in [2.05, 4.69) is 25.9 Å².